The van der Waals surface area contributed by atoms with Crippen LogP contribution in [0.3, 0.4) is 0 Å². The molecule has 0 atom stereocenters. The fraction of sp³-hybridized carbons (Fsp3) is 0.450. The van der Waals surface area contributed by atoms with E-state index in [4.69, 9.17) is 6.42 Å². The molecule has 3 rings (SSSR count). The second-order valence-electron chi connectivity index (χ2n) is 7.13. The van der Waals surface area contributed by atoms with Crippen LogP contribution in [-0.4, -0.2) is 54.3 Å². The van der Waals surface area contributed by atoms with Gasteiger partial charge in [-0.15, -0.1) is 6.42 Å². The first-order chi connectivity index (χ1) is 13.8. The summed E-state index contributed by atoms with van der Waals surface area (Å²) in [5.41, 5.74) is 1.90. The van der Waals surface area contributed by atoms with Crippen LogP contribution in [0.15, 0.2) is 23.2 Å². The number of carbonyl (C=O) groups excluding carboxylic acids is 2. The van der Waals surface area contributed by atoms with Crippen molar-refractivity contribution in [1.82, 2.24) is 9.47 Å². The van der Waals surface area contributed by atoms with E-state index in [1.807, 2.05) is 25.1 Å². The number of likely N-dealkylation sites (tertiary alicyclic amines) is 1. The van der Waals surface area contributed by atoms with Gasteiger partial charge < -0.3 is 9.47 Å². The Morgan fingerprint density at radius 1 is 1.21 bits per heavy atom. The topological polar surface area (TPSA) is 88.8 Å². The van der Waals surface area contributed by atoms with E-state index in [1.54, 1.807) is 9.47 Å². The standard InChI is InChI=1S/C20H23N3O4S2/c1-3-9-23-16-8-7-15(2)12-17(16)28-20(23)21-18(24)13-29(26,27)14-19(25)22-10-5-4-6-11-22/h1,7-8,12H,4-6,9-11,13-14H2,2H3. The minimum Gasteiger partial charge on any atom is -0.342 e. The molecule has 0 radical (unpaired) electrons. The molecular weight excluding hydrogens is 410 g/mol. The summed E-state index contributed by atoms with van der Waals surface area (Å²) >= 11 is 1.28. The van der Waals surface area contributed by atoms with E-state index in [0.29, 0.717) is 17.9 Å². The van der Waals surface area contributed by atoms with Gasteiger partial charge in [0, 0.05) is 13.1 Å². The van der Waals surface area contributed by atoms with Crippen LogP contribution in [0.1, 0.15) is 24.8 Å². The first kappa shape index (κ1) is 21.3. The Morgan fingerprint density at radius 3 is 2.62 bits per heavy atom. The summed E-state index contributed by atoms with van der Waals surface area (Å²) in [5.74, 6) is -0.175. The highest BCUT2D eigenvalue weighted by Gasteiger charge is 2.25. The van der Waals surface area contributed by atoms with Gasteiger partial charge in [0.25, 0.3) is 5.91 Å². The Kier molecular flexibility index (Phi) is 6.55. The highest BCUT2D eigenvalue weighted by Crippen LogP contribution is 2.19. The number of aromatic nitrogens is 1. The highest BCUT2D eigenvalue weighted by molar-refractivity contribution is 7.92. The Hall–Kier alpha value is -2.44. The minimum atomic E-state index is -3.89. The van der Waals surface area contributed by atoms with Crippen LogP contribution < -0.4 is 4.80 Å². The SMILES string of the molecule is C#CCn1c(=NC(=O)CS(=O)(=O)CC(=O)N2CCCCC2)sc2cc(C)ccc21. The van der Waals surface area contributed by atoms with Gasteiger partial charge in [-0.3, -0.25) is 9.59 Å². The van der Waals surface area contributed by atoms with Gasteiger partial charge in [-0.05, 0) is 43.9 Å². The number of amides is 2. The highest BCUT2D eigenvalue weighted by atomic mass is 32.2. The van der Waals surface area contributed by atoms with E-state index < -0.39 is 33.2 Å². The normalized spacial score (nSPS) is 15.4. The molecular formula is C20H23N3O4S2. The zero-order valence-electron chi connectivity index (χ0n) is 16.3. The number of piperidine rings is 1. The van der Waals surface area contributed by atoms with Crippen LogP contribution in [0.4, 0.5) is 0 Å². The summed E-state index contributed by atoms with van der Waals surface area (Å²) in [5, 5.41) is 0. The molecule has 0 unspecified atom stereocenters. The fourth-order valence-corrected chi connectivity index (χ4v) is 5.56. The molecule has 2 aromatic rings. The fourth-order valence-electron chi connectivity index (χ4n) is 3.31. The number of hydrogen-bond acceptors (Lipinski definition) is 5. The van der Waals surface area contributed by atoms with E-state index in [9.17, 15) is 18.0 Å². The molecule has 7 nitrogen and oxygen atoms in total. The average Bonchev–Trinajstić information content (AvgIpc) is 2.98. The molecule has 1 fully saturated rings. The molecule has 1 saturated heterocycles. The Bertz CT molecular complexity index is 1150. The quantitative estimate of drug-likeness (QED) is 0.669. The molecule has 9 heteroatoms. The molecule has 0 N–H and O–H groups in total. The number of sulfone groups is 1. The van der Waals surface area contributed by atoms with Gasteiger partial charge in [-0.2, -0.15) is 4.99 Å². The summed E-state index contributed by atoms with van der Waals surface area (Å²) < 4.78 is 27.3. The molecule has 1 aliphatic heterocycles. The maximum atomic E-state index is 12.4. The molecule has 1 aromatic carbocycles. The summed E-state index contributed by atoms with van der Waals surface area (Å²) in [6.45, 7) is 3.31. The number of benzene rings is 1. The summed E-state index contributed by atoms with van der Waals surface area (Å²) in [6.07, 6.45) is 8.23. The average molecular weight is 434 g/mol. The Balaban J connectivity index is 1.80. The summed E-state index contributed by atoms with van der Waals surface area (Å²) in [6, 6.07) is 5.80. The van der Waals surface area contributed by atoms with Crippen molar-refractivity contribution < 1.29 is 18.0 Å². The van der Waals surface area contributed by atoms with E-state index in [1.165, 1.54) is 11.3 Å². The number of rotatable bonds is 5. The Labute approximate surface area is 174 Å². The van der Waals surface area contributed by atoms with E-state index >= 15 is 0 Å². The number of aryl methyl sites for hydroxylation is 1. The smallest absolute Gasteiger partial charge is 0.263 e. The third kappa shape index (κ3) is 5.34. The van der Waals surface area contributed by atoms with Gasteiger partial charge in [-0.25, -0.2) is 8.42 Å². The van der Waals surface area contributed by atoms with E-state index in [0.717, 1.165) is 35.0 Å². The van der Waals surface area contributed by atoms with Crippen LogP contribution in [-0.2, 0) is 26.0 Å². The van der Waals surface area contributed by atoms with Crippen LogP contribution in [0.2, 0.25) is 0 Å². The van der Waals surface area contributed by atoms with Gasteiger partial charge in [0.05, 0.1) is 16.8 Å². The molecule has 2 heterocycles. The van der Waals surface area contributed by atoms with Crippen LogP contribution in [0.25, 0.3) is 10.2 Å². The predicted molar refractivity (Wildman–Crippen MR) is 113 cm³/mol. The summed E-state index contributed by atoms with van der Waals surface area (Å²) in [4.78, 5) is 30.5. The zero-order valence-corrected chi connectivity index (χ0v) is 17.9. The predicted octanol–water partition coefficient (Wildman–Crippen LogP) is 1.50. The molecule has 2 amide bonds. The van der Waals surface area contributed by atoms with Gasteiger partial charge in [0.1, 0.15) is 11.5 Å². The third-order valence-electron chi connectivity index (χ3n) is 4.70. The van der Waals surface area contributed by atoms with Crippen molar-refractivity contribution in [2.45, 2.75) is 32.7 Å². The van der Waals surface area contributed by atoms with Crippen molar-refractivity contribution in [3.05, 3.63) is 28.6 Å². The lowest BCUT2D eigenvalue weighted by Crippen LogP contribution is -2.40. The van der Waals surface area contributed by atoms with Crippen molar-refractivity contribution in [2.24, 2.45) is 4.99 Å². The molecule has 0 bridgehead atoms. The zero-order chi connectivity index (χ0) is 21.0. The number of fused-ring (bicyclic) bond motifs is 1. The van der Waals surface area contributed by atoms with Crippen molar-refractivity contribution in [1.29, 1.82) is 0 Å². The monoisotopic (exact) mass is 433 g/mol. The lowest BCUT2D eigenvalue weighted by Gasteiger charge is -2.26. The lowest BCUT2D eigenvalue weighted by atomic mass is 10.1. The van der Waals surface area contributed by atoms with E-state index in [2.05, 4.69) is 10.9 Å². The second kappa shape index (κ2) is 8.93. The maximum Gasteiger partial charge on any atom is 0.263 e. The van der Waals surface area contributed by atoms with Crippen LogP contribution in [0.5, 0.6) is 0 Å². The van der Waals surface area contributed by atoms with Gasteiger partial charge in [-0.1, -0.05) is 23.3 Å². The number of hydrogen-bond donors (Lipinski definition) is 0. The van der Waals surface area contributed by atoms with Crippen molar-refractivity contribution >= 4 is 43.2 Å². The van der Waals surface area contributed by atoms with Gasteiger partial charge in [0.2, 0.25) is 5.91 Å². The second-order valence-corrected chi connectivity index (χ2v) is 10.2. The molecule has 0 saturated carbocycles. The van der Waals surface area contributed by atoms with Crippen molar-refractivity contribution in [3.63, 3.8) is 0 Å². The minimum absolute atomic E-state index is 0.218. The van der Waals surface area contributed by atoms with Gasteiger partial charge >= 0.3 is 0 Å². The lowest BCUT2D eigenvalue weighted by molar-refractivity contribution is -0.129. The first-order valence-corrected chi connectivity index (χ1v) is 12.0. The molecule has 154 valence electrons. The van der Waals surface area contributed by atoms with Crippen molar-refractivity contribution in [3.8, 4) is 12.3 Å². The maximum absolute atomic E-state index is 12.4. The number of thiazole rings is 1. The molecule has 0 aliphatic carbocycles. The van der Waals surface area contributed by atoms with Gasteiger partial charge in [0.15, 0.2) is 14.6 Å². The third-order valence-corrected chi connectivity index (χ3v) is 7.12. The largest absolute Gasteiger partial charge is 0.342 e. The van der Waals surface area contributed by atoms with Crippen LogP contribution >= 0.6 is 11.3 Å². The summed E-state index contributed by atoms with van der Waals surface area (Å²) in [7, 11) is -3.89. The number of terminal acetylenes is 1. The molecule has 1 aliphatic rings. The molecule has 29 heavy (non-hydrogen) atoms. The van der Waals surface area contributed by atoms with Crippen LogP contribution in [0, 0.1) is 19.3 Å². The number of nitrogens with zero attached hydrogens (tertiary/aromatic N) is 3. The first-order valence-electron chi connectivity index (χ1n) is 9.38. The number of carbonyl (C=O) groups is 2. The molecule has 0 spiro atoms. The van der Waals surface area contributed by atoms with E-state index in [-0.39, 0.29) is 6.54 Å². The Morgan fingerprint density at radius 2 is 1.93 bits per heavy atom. The van der Waals surface area contributed by atoms with Crippen molar-refractivity contribution in [2.75, 3.05) is 24.6 Å². The molecule has 1 aromatic heterocycles.